The Morgan fingerprint density at radius 2 is 1.42 bits per heavy atom. The molecule has 38 heavy (non-hydrogen) atoms. The second-order valence-corrected chi connectivity index (χ2v) is 13.0. The molecule has 6 rings (SSSR count). The molecule has 3 unspecified atom stereocenters. The molecule has 3 aliphatic carbocycles. The van der Waals surface area contributed by atoms with Crippen molar-refractivity contribution in [2.75, 3.05) is 10.2 Å². The number of piperidine rings is 2. The van der Waals surface area contributed by atoms with Gasteiger partial charge < -0.3 is 15.1 Å². The molecule has 3 N–H and O–H groups in total. The molecule has 5 fully saturated rings. The van der Waals surface area contributed by atoms with Crippen LogP contribution in [0.15, 0.2) is 24.3 Å². The van der Waals surface area contributed by atoms with Crippen molar-refractivity contribution in [1.82, 2.24) is 4.90 Å². The lowest BCUT2D eigenvalue weighted by atomic mass is 9.68. The fourth-order valence-electron chi connectivity index (χ4n) is 9.45. The molecule has 4 bridgehead atoms. The smallest absolute Gasteiger partial charge is 0.409 e. The minimum absolute atomic E-state index is 0.107. The molecule has 1 aromatic carbocycles. The Morgan fingerprint density at radius 3 is 2.11 bits per heavy atom. The average Bonchev–Trinajstić information content (AvgIpc) is 2.89. The van der Waals surface area contributed by atoms with Gasteiger partial charge in [0, 0.05) is 30.2 Å². The number of benzene rings is 1. The Balaban J connectivity index is 1.32. The Morgan fingerprint density at radius 1 is 0.763 bits per heavy atom. The quantitative estimate of drug-likeness (QED) is 0.390. The molecule has 5 aliphatic rings. The number of rotatable bonds is 6. The summed E-state index contributed by atoms with van der Waals surface area (Å²) in [6.07, 6.45) is 16.7. The van der Waals surface area contributed by atoms with Gasteiger partial charge in [-0.3, -0.25) is 15.0 Å². The third-order valence-electron chi connectivity index (χ3n) is 10.8. The molecule has 3 saturated carbocycles. The fourth-order valence-corrected chi connectivity index (χ4v) is 9.45. The molecule has 1 aromatic rings. The first-order chi connectivity index (χ1) is 18.5. The van der Waals surface area contributed by atoms with Crippen LogP contribution < -0.4 is 10.2 Å². The van der Waals surface area contributed by atoms with E-state index in [1.165, 1.54) is 57.8 Å². The van der Waals surface area contributed by atoms with Gasteiger partial charge >= 0.3 is 12.1 Å². The second-order valence-electron chi connectivity index (χ2n) is 13.0. The van der Waals surface area contributed by atoms with Crippen molar-refractivity contribution in [2.45, 2.75) is 127 Å². The van der Waals surface area contributed by atoms with Gasteiger partial charge in [-0.25, -0.2) is 4.79 Å². The number of anilines is 2. The normalized spacial score (nSPS) is 37.3. The van der Waals surface area contributed by atoms with Crippen molar-refractivity contribution in [2.24, 2.45) is 17.8 Å². The Bertz CT molecular complexity index is 991. The molecule has 0 spiro atoms. The van der Waals surface area contributed by atoms with Gasteiger partial charge in [-0.2, -0.15) is 0 Å². The summed E-state index contributed by atoms with van der Waals surface area (Å²) in [5.74, 6) is 0.692. The Kier molecular flexibility index (Phi) is 7.56. The lowest BCUT2D eigenvalue weighted by Crippen LogP contribution is -2.63. The number of amides is 1. The summed E-state index contributed by atoms with van der Waals surface area (Å²) < 4.78 is 0. The average molecular weight is 524 g/mol. The van der Waals surface area contributed by atoms with E-state index in [-0.39, 0.29) is 12.1 Å². The van der Waals surface area contributed by atoms with E-state index in [1.54, 1.807) is 0 Å². The number of nitrogens with zero attached hydrogens (tertiary/aromatic N) is 2. The number of nitrogens with one attached hydrogen (secondary N) is 1. The number of hydrogen-bond donors (Lipinski definition) is 3. The van der Waals surface area contributed by atoms with Crippen LogP contribution in [0.2, 0.25) is 0 Å². The monoisotopic (exact) mass is 523 g/mol. The summed E-state index contributed by atoms with van der Waals surface area (Å²) in [5, 5.41) is 22.4. The van der Waals surface area contributed by atoms with E-state index in [9.17, 15) is 19.8 Å². The number of hydrogen-bond acceptors (Lipinski definition) is 4. The molecular weight excluding hydrogens is 478 g/mol. The van der Waals surface area contributed by atoms with Crippen molar-refractivity contribution in [1.29, 1.82) is 0 Å². The second kappa shape index (κ2) is 11.1. The van der Waals surface area contributed by atoms with Crippen LogP contribution in [-0.2, 0) is 4.79 Å². The topological polar surface area (TPSA) is 93.1 Å². The van der Waals surface area contributed by atoms with Crippen molar-refractivity contribution in [3.8, 4) is 0 Å². The van der Waals surface area contributed by atoms with Gasteiger partial charge in [0.2, 0.25) is 0 Å². The number of carbonyl (C=O) groups is 2. The first-order valence-corrected chi connectivity index (χ1v) is 15.4. The van der Waals surface area contributed by atoms with E-state index in [0.29, 0.717) is 30.2 Å². The maximum Gasteiger partial charge on any atom is 0.409 e. The van der Waals surface area contributed by atoms with Gasteiger partial charge in [0.1, 0.15) is 0 Å². The number of aliphatic carboxylic acids is 1. The maximum atomic E-state index is 12.5. The van der Waals surface area contributed by atoms with Crippen LogP contribution >= 0.6 is 0 Å². The zero-order valence-corrected chi connectivity index (χ0v) is 22.6. The molecular formula is C31H45N3O4. The van der Waals surface area contributed by atoms with Gasteiger partial charge in [0.15, 0.2) is 0 Å². The minimum atomic E-state index is -1.08. The molecule has 1 amide bonds. The van der Waals surface area contributed by atoms with Crippen LogP contribution in [0.4, 0.5) is 16.2 Å². The summed E-state index contributed by atoms with van der Waals surface area (Å²) in [5.41, 5.74) is 1.43. The van der Waals surface area contributed by atoms with Gasteiger partial charge in [0.05, 0.1) is 17.3 Å². The summed E-state index contributed by atoms with van der Waals surface area (Å²) >= 11 is 0. The lowest BCUT2D eigenvalue weighted by molar-refractivity contribution is -0.143. The number of carboxylic acids is 1. The molecule has 2 saturated heterocycles. The van der Waals surface area contributed by atoms with Gasteiger partial charge in [0.25, 0.3) is 0 Å². The van der Waals surface area contributed by atoms with E-state index in [0.717, 1.165) is 49.6 Å². The highest BCUT2D eigenvalue weighted by Crippen LogP contribution is 2.48. The minimum Gasteiger partial charge on any atom is -0.481 e. The predicted octanol–water partition coefficient (Wildman–Crippen LogP) is 6.58. The largest absolute Gasteiger partial charge is 0.481 e. The molecule has 2 heterocycles. The van der Waals surface area contributed by atoms with Gasteiger partial charge in [-0.1, -0.05) is 50.7 Å². The molecule has 7 heteroatoms. The zero-order valence-electron chi connectivity index (χ0n) is 22.6. The number of para-hydroxylation sites is 2. The summed E-state index contributed by atoms with van der Waals surface area (Å²) in [6.45, 7) is 0. The van der Waals surface area contributed by atoms with Crippen molar-refractivity contribution in [3.05, 3.63) is 24.3 Å². The van der Waals surface area contributed by atoms with Crippen LogP contribution in [-0.4, -0.2) is 57.4 Å². The third-order valence-corrected chi connectivity index (χ3v) is 10.8. The lowest BCUT2D eigenvalue weighted by Gasteiger charge is -2.58. The molecule has 7 nitrogen and oxygen atoms in total. The highest BCUT2D eigenvalue weighted by Gasteiger charge is 2.48. The summed E-state index contributed by atoms with van der Waals surface area (Å²) in [7, 11) is 0. The standard InChI is InChI=1S/C31H45N3O4/c35-30(36)26-11-1-3-13-28(26)34(29-14-4-2-12-27(29)32-31(37)38)25-18-22-9-6-10-23(19-25)33(22)24-16-20-7-5-8-21(15-20)17-24/h2,4,12,14,20-26,28,32H,1,3,5-11,13,15-19H2,(H,35,36)(H,37,38)/t20-,21+,22-,23+,24?,25?,26-,28?/m1/s1. The van der Waals surface area contributed by atoms with Crippen LogP contribution in [0.3, 0.4) is 0 Å². The molecule has 2 aliphatic heterocycles. The Labute approximate surface area is 227 Å². The first kappa shape index (κ1) is 26.0. The highest BCUT2D eigenvalue weighted by molar-refractivity contribution is 5.89. The van der Waals surface area contributed by atoms with Crippen molar-refractivity contribution >= 4 is 23.4 Å². The highest BCUT2D eigenvalue weighted by atomic mass is 16.4. The van der Waals surface area contributed by atoms with Gasteiger partial charge in [-0.05, 0) is 81.8 Å². The summed E-state index contributed by atoms with van der Waals surface area (Å²) in [6, 6.07) is 9.58. The molecule has 0 aromatic heterocycles. The van der Waals surface area contributed by atoms with E-state index in [4.69, 9.17) is 0 Å². The number of fused-ring (bicyclic) bond motifs is 4. The van der Waals surface area contributed by atoms with E-state index >= 15 is 0 Å². The van der Waals surface area contributed by atoms with Crippen LogP contribution in [0, 0.1) is 17.8 Å². The van der Waals surface area contributed by atoms with Crippen LogP contribution in [0.1, 0.15) is 96.3 Å². The van der Waals surface area contributed by atoms with E-state index < -0.39 is 18.0 Å². The van der Waals surface area contributed by atoms with Crippen molar-refractivity contribution < 1.29 is 19.8 Å². The maximum absolute atomic E-state index is 12.5. The molecule has 8 atom stereocenters. The van der Waals surface area contributed by atoms with E-state index in [2.05, 4.69) is 15.1 Å². The molecule has 0 radical (unpaired) electrons. The first-order valence-electron chi connectivity index (χ1n) is 15.4. The van der Waals surface area contributed by atoms with Crippen LogP contribution in [0.25, 0.3) is 0 Å². The van der Waals surface area contributed by atoms with E-state index in [1.807, 2.05) is 24.3 Å². The SMILES string of the molecule is O=C(O)Nc1ccccc1N(C1C[C@H]2CCC[C@@H](C1)N2C1C[C@H]2CCC[C@@H](C1)C2)C1CCCC[C@H]1C(=O)O. The fraction of sp³-hybridized carbons (Fsp3) is 0.742. The molecule has 208 valence electrons. The summed E-state index contributed by atoms with van der Waals surface area (Å²) in [4.78, 5) is 29.5. The van der Waals surface area contributed by atoms with Crippen LogP contribution in [0.5, 0.6) is 0 Å². The predicted molar refractivity (Wildman–Crippen MR) is 149 cm³/mol. The van der Waals surface area contributed by atoms with Gasteiger partial charge in [-0.15, -0.1) is 0 Å². The van der Waals surface area contributed by atoms with Crippen molar-refractivity contribution in [3.63, 3.8) is 0 Å². The Hall–Kier alpha value is -2.28. The number of carboxylic acid groups (broad SMARTS) is 2. The third kappa shape index (κ3) is 5.15. The zero-order chi connectivity index (χ0) is 26.2.